The highest BCUT2D eigenvalue weighted by atomic mass is 35.5. The maximum Gasteiger partial charge on any atom is 0.241 e. The molecule has 2 heterocycles. The quantitative estimate of drug-likeness (QED) is 0.550. The van der Waals surface area contributed by atoms with Crippen molar-refractivity contribution in [2.45, 2.75) is 31.7 Å². The Balaban J connectivity index is 1.36. The maximum absolute atomic E-state index is 12.8. The van der Waals surface area contributed by atoms with Gasteiger partial charge in [0.25, 0.3) is 0 Å². The van der Waals surface area contributed by atoms with E-state index in [1.807, 2.05) is 31.2 Å². The largest absolute Gasteiger partial charge is 0.493 e. The lowest BCUT2D eigenvalue weighted by Crippen LogP contribution is -2.45. The normalized spacial score (nSPS) is 16.3. The molecular formula is C23H26ClN3O3S. The van der Waals surface area contributed by atoms with E-state index in [4.69, 9.17) is 26.1 Å². The number of nitrogens with one attached hydrogen (secondary N) is 1. The number of hydrogen-bond donors (Lipinski definition) is 1. The predicted molar refractivity (Wildman–Crippen MR) is 126 cm³/mol. The second-order valence-corrected chi connectivity index (χ2v) is 9.21. The second kappa shape index (κ2) is 9.42. The standard InChI is InChI=1S/C23H26ClN3O3S/c1-14(22(28)25-17-5-6-19(29-2)20(13-17)30-3)27-10-8-15(9-11-27)23-26-18-12-16(24)4-7-21(18)31-23/h4-7,12-15H,8-11H2,1-3H3,(H,25,28)/t14-/m0/s1. The summed E-state index contributed by atoms with van der Waals surface area (Å²) in [5.41, 5.74) is 1.66. The first-order chi connectivity index (χ1) is 15.0. The minimum atomic E-state index is -0.219. The van der Waals surface area contributed by atoms with Crippen molar-refractivity contribution < 1.29 is 14.3 Å². The van der Waals surface area contributed by atoms with E-state index in [0.29, 0.717) is 28.1 Å². The van der Waals surface area contributed by atoms with Gasteiger partial charge in [-0.2, -0.15) is 0 Å². The van der Waals surface area contributed by atoms with Crippen LogP contribution in [0.3, 0.4) is 0 Å². The molecular weight excluding hydrogens is 434 g/mol. The zero-order chi connectivity index (χ0) is 22.0. The Hall–Kier alpha value is -2.35. The first-order valence-corrected chi connectivity index (χ1v) is 11.5. The maximum atomic E-state index is 12.8. The van der Waals surface area contributed by atoms with E-state index in [0.717, 1.165) is 31.4 Å². The van der Waals surface area contributed by atoms with E-state index in [-0.39, 0.29) is 11.9 Å². The number of ether oxygens (including phenoxy) is 2. The molecule has 0 spiro atoms. The van der Waals surface area contributed by atoms with E-state index >= 15 is 0 Å². The number of methoxy groups -OCH3 is 2. The topological polar surface area (TPSA) is 63.7 Å². The SMILES string of the molecule is COc1ccc(NC(=O)[C@H](C)N2CCC(c3nc4cc(Cl)ccc4s3)CC2)cc1OC. The van der Waals surface area contributed by atoms with Gasteiger partial charge in [0.05, 0.1) is 35.5 Å². The number of likely N-dealkylation sites (tertiary alicyclic amines) is 1. The highest BCUT2D eigenvalue weighted by molar-refractivity contribution is 7.18. The van der Waals surface area contributed by atoms with Crippen LogP contribution in [-0.2, 0) is 4.79 Å². The van der Waals surface area contributed by atoms with Gasteiger partial charge in [-0.25, -0.2) is 4.98 Å². The molecule has 8 heteroatoms. The molecule has 1 N–H and O–H groups in total. The van der Waals surface area contributed by atoms with Crippen molar-refractivity contribution in [2.24, 2.45) is 0 Å². The van der Waals surface area contributed by atoms with Gasteiger partial charge in [-0.1, -0.05) is 11.6 Å². The smallest absolute Gasteiger partial charge is 0.241 e. The third-order valence-corrected chi connectivity index (χ3v) is 7.26. The first kappa shape index (κ1) is 21.9. The molecule has 0 radical (unpaired) electrons. The van der Waals surface area contributed by atoms with Crippen LogP contribution in [0.4, 0.5) is 5.69 Å². The molecule has 1 amide bonds. The summed E-state index contributed by atoms with van der Waals surface area (Å²) in [5.74, 6) is 1.62. The Bertz CT molecular complexity index is 1080. The predicted octanol–water partition coefficient (Wildman–Crippen LogP) is 5.17. The summed E-state index contributed by atoms with van der Waals surface area (Å²) in [6.07, 6.45) is 1.98. The van der Waals surface area contributed by atoms with Gasteiger partial charge in [0.2, 0.25) is 5.91 Å². The van der Waals surface area contributed by atoms with Crippen LogP contribution in [-0.4, -0.2) is 49.1 Å². The van der Waals surface area contributed by atoms with Crippen LogP contribution >= 0.6 is 22.9 Å². The molecule has 4 rings (SSSR count). The Labute approximate surface area is 191 Å². The molecule has 164 valence electrons. The number of piperidine rings is 1. The van der Waals surface area contributed by atoms with Gasteiger partial charge in [-0.05, 0) is 63.2 Å². The zero-order valence-corrected chi connectivity index (χ0v) is 19.4. The third kappa shape index (κ3) is 4.79. The van der Waals surface area contributed by atoms with Crippen molar-refractivity contribution in [3.05, 3.63) is 46.4 Å². The molecule has 3 aromatic rings. The van der Waals surface area contributed by atoms with Crippen LogP contribution in [0, 0.1) is 0 Å². The lowest BCUT2D eigenvalue weighted by molar-refractivity contribution is -0.121. The van der Waals surface area contributed by atoms with Gasteiger partial charge in [0.15, 0.2) is 11.5 Å². The van der Waals surface area contributed by atoms with E-state index in [2.05, 4.69) is 10.2 Å². The molecule has 31 heavy (non-hydrogen) atoms. The zero-order valence-electron chi connectivity index (χ0n) is 17.9. The average Bonchev–Trinajstić information content (AvgIpc) is 3.21. The summed E-state index contributed by atoms with van der Waals surface area (Å²) in [5, 5.41) is 4.87. The summed E-state index contributed by atoms with van der Waals surface area (Å²) >= 11 is 7.84. The number of nitrogens with zero attached hydrogens (tertiary/aromatic N) is 2. The molecule has 2 aromatic carbocycles. The molecule has 0 aliphatic carbocycles. The van der Waals surface area contributed by atoms with Crippen molar-refractivity contribution in [1.82, 2.24) is 9.88 Å². The first-order valence-electron chi connectivity index (χ1n) is 10.3. The summed E-state index contributed by atoms with van der Waals surface area (Å²) in [6.45, 7) is 3.68. The van der Waals surface area contributed by atoms with Gasteiger partial charge < -0.3 is 14.8 Å². The highest BCUT2D eigenvalue weighted by Gasteiger charge is 2.29. The molecule has 0 saturated carbocycles. The molecule has 0 unspecified atom stereocenters. The van der Waals surface area contributed by atoms with Crippen LogP contribution in [0.15, 0.2) is 36.4 Å². The number of hydrogen-bond acceptors (Lipinski definition) is 6. The van der Waals surface area contributed by atoms with Crippen LogP contribution in [0.5, 0.6) is 11.5 Å². The van der Waals surface area contributed by atoms with Crippen molar-refractivity contribution in [3.8, 4) is 11.5 Å². The van der Waals surface area contributed by atoms with Crippen molar-refractivity contribution >= 4 is 44.7 Å². The second-order valence-electron chi connectivity index (χ2n) is 7.71. The van der Waals surface area contributed by atoms with E-state index in [1.165, 1.54) is 9.71 Å². The molecule has 6 nitrogen and oxygen atoms in total. The number of fused-ring (bicyclic) bond motifs is 1. The molecule has 0 bridgehead atoms. The van der Waals surface area contributed by atoms with Crippen LogP contribution in [0.25, 0.3) is 10.2 Å². The Morgan fingerprint density at radius 2 is 1.90 bits per heavy atom. The number of rotatable bonds is 6. The molecule has 1 saturated heterocycles. The van der Waals surface area contributed by atoms with Crippen LogP contribution in [0.1, 0.15) is 30.7 Å². The summed E-state index contributed by atoms with van der Waals surface area (Å²) in [4.78, 5) is 19.9. The summed E-state index contributed by atoms with van der Waals surface area (Å²) < 4.78 is 11.7. The number of halogens is 1. The van der Waals surface area contributed by atoms with E-state index in [9.17, 15) is 4.79 Å². The molecule has 1 atom stereocenters. The van der Waals surface area contributed by atoms with Crippen molar-refractivity contribution in [3.63, 3.8) is 0 Å². The minimum Gasteiger partial charge on any atom is -0.493 e. The van der Waals surface area contributed by atoms with Gasteiger partial charge in [0.1, 0.15) is 0 Å². The number of anilines is 1. The van der Waals surface area contributed by atoms with Crippen molar-refractivity contribution in [2.75, 3.05) is 32.6 Å². The fourth-order valence-corrected chi connectivity index (χ4v) is 5.24. The number of aromatic nitrogens is 1. The monoisotopic (exact) mass is 459 g/mol. The van der Waals surface area contributed by atoms with Gasteiger partial charge in [-0.3, -0.25) is 9.69 Å². The molecule has 1 aromatic heterocycles. The number of carbonyl (C=O) groups excluding carboxylic acids is 1. The van der Waals surface area contributed by atoms with Gasteiger partial charge >= 0.3 is 0 Å². The minimum absolute atomic E-state index is 0.0275. The third-order valence-electron chi connectivity index (χ3n) is 5.82. The molecule has 1 aliphatic heterocycles. The van der Waals surface area contributed by atoms with Crippen LogP contribution in [0.2, 0.25) is 5.02 Å². The fourth-order valence-electron chi connectivity index (χ4n) is 3.95. The van der Waals surface area contributed by atoms with Crippen LogP contribution < -0.4 is 14.8 Å². The Morgan fingerprint density at radius 3 is 2.61 bits per heavy atom. The van der Waals surface area contributed by atoms with Gasteiger partial charge in [-0.15, -0.1) is 11.3 Å². The fraction of sp³-hybridized carbons (Fsp3) is 0.391. The van der Waals surface area contributed by atoms with E-state index in [1.54, 1.807) is 37.7 Å². The average molecular weight is 460 g/mol. The van der Waals surface area contributed by atoms with E-state index < -0.39 is 0 Å². The molecule has 1 aliphatic rings. The highest BCUT2D eigenvalue weighted by Crippen LogP contribution is 2.35. The molecule has 1 fully saturated rings. The van der Waals surface area contributed by atoms with Gasteiger partial charge in [0, 0.05) is 22.7 Å². The Morgan fingerprint density at radius 1 is 1.16 bits per heavy atom. The van der Waals surface area contributed by atoms with Crippen molar-refractivity contribution in [1.29, 1.82) is 0 Å². The number of benzene rings is 2. The summed E-state index contributed by atoms with van der Waals surface area (Å²) in [6, 6.07) is 11.0. The Kier molecular flexibility index (Phi) is 6.65. The number of carbonyl (C=O) groups is 1. The number of amides is 1. The number of thiazole rings is 1. The lowest BCUT2D eigenvalue weighted by atomic mass is 9.96. The summed E-state index contributed by atoms with van der Waals surface area (Å²) in [7, 11) is 3.17. The lowest BCUT2D eigenvalue weighted by Gasteiger charge is -2.34.